The molecule has 1 spiro atoms. The molecule has 1 saturated heterocycles. The van der Waals surface area contributed by atoms with E-state index < -0.39 is 5.91 Å². The minimum absolute atomic E-state index is 0.253. The van der Waals surface area contributed by atoms with Crippen LogP contribution in [0.4, 0.5) is 0 Å². The zero-order chi connectivity index (χ0) is 12.0. The highest BCUT2D eigenvalue weighted by atomic mass is 16.9. The Hall–Kier alpha value is -1.59. The first-order valence-electron chi connectivity index (χ1n) is 5.64. The third-order valence-corrected chi connectivity index (χ3v) is 2.88. The minimum atomic E-state index is -0.973. The van der Waals surface area contributed by atoms with Crippen LogP contribution in [-0.2, 0) is 15.4 Å². The average Bonchev–Trinajstić information content (AvgIpc) is 2.53. The van der Waals surface area contributed by atoms with Crippen LogP contribution < -0.4 is 10.1 Å². The summed E-state index contributed by atoms with van der Waals surface area (Å²) in [5.74, 6) is 0.0997. The van der Waals surface area contributed by atoms with Crippen LogP contribution in [0.2, 0.25) is 0 Å². The fourth-order valence-corrected chi connectivity index (χ4v) is 2.23. The van der Waals surface area contributed by atoms with Crippen molar-refractivity contribution < 1.29 is 14.2 Å². The maximum absolute atomic E-state index is 7.85. The quantitative estimate of drug-likeness (QED) is 0.814. The Morgan fingerprint density at radius 2 is 2.24 bits per heavy atom. The van der Waals surface area contributed by atoms with Crippen molar-refractivity contribution in [2.24, 2.45) is 0 Å². The SMILES string of the molecule is CCOc1ccc2c(c1)C1(NC2=N)OC(C)O1. The Kier molecular flexibility index (Phi) is 2.14. The Labute approximate surface area is 99.2 Å². The zero-order valence-electron chi connectivity index (χ0n) is 9.74. The fraction of sp³-hybridized carbons (Fsp3) is 0.417. The number of hydrogen-bond acceptors (Lipinski definition) is 4. The van der Waals surface area contributed by atoms with Gasteiger partial charge in [-0.3, -0.25) is 14.9 Å². The first kappa shape index (κ1) is 10.6. The zero-order valence-corrected chi connectivity index (χ0v) is 9.74. The van der Waals surface area contributed by atoms with Gasteiger partial charge in [0, 0.05) is 11.1 Å². The van der Waals surface area contributed by atoms with Crippen LogP contribution in [0.5, 0.6) is 5.75 Å². The van der Waals surface area contributed by atoms with E-state index in [1.165, 1.54) is 0 Å². The number of fused-ring (bicyclic) bond motifs is 2. The minimum Gasteiger partial charge on any atom is -0.494 e. The van der Waals surface area contributed by atoms with Gasteiger partial charge >= 0.3 is 0 Å². The number of ether oxygens (including phenoxy) is 3. The van der Waals surface area contributed by atoms with Gasteiger partial charge in [-0.25, -0.2) is 0 Å². The molecule has 0 bridgehead atoms. The van der Waals surface area contributed by atoms with E-state index in [2.05, 4.69) is 5.32 Å². The summed E-state index contributed by atoms with van der Waals surface area (Å²) in [5.41, 5.74) is 1.60. The van der Waals surface area contributed by atoms with Gasteiger partial charge in [0.25, 0.3) is 5.91 Å². The molecule has 5 nitrogen and oxygen atoms in total. The molecule has 0 aromatic heterocycles. The van der Waals surface area contributed by atoms with E-state index in [9.17, 15) is 0 Å². The van der Waals surface area contributed by atoms with Gasteiger partial charge in [0.05, 0.1) is 6.61 Å². The highest BCUT2D eigenvalue weighted by Crippen LogP contribution is 2.43. The molecule has 1 aromatic rings. The van der Waals surface area contributed by atoms with Gasteiger partial charge in [-0.2, -0.15) is 0 Å². The molecule has 1 aromatic carbocycles. The van der Waals surface area contributed by atoms with Crippen LogP contribution in [0.3, 0.4) is 0 Å². The Morgan fingerprint density at radius 3 is 2.88 bits per heavy atom. The lowest BCUT2D eigenvalue weighted by molar-refractivity contribution is -0.461. The molecular weight excluding hydrogens is 220 g/mol. The van der Waals surface area contributed by atoms with Gasteiger partial charge in [-0.1, -0.05) is 0 Å². The number of hydrogen-bond donors (Lipinski definition) is 2. The molecule has 0 saturated carbocycles. The van der Waals surface area contributed by atoms with E-state index in [4.69, 9.17) is 19.6 Å². The van der Waals surface area contributed by atoms with Crippen molar-refractivity contribution in [2.45, 2.75) is 26.0 Å². The number of rotatable bonds is 2. The van der Waals surface area contributed by atoms with Gasteiger partial charge in [0.2, 0.25) is 0 Å². The van der Waals surface area contributed by atoms with Crippen molar-refractivity contribution in [1.82, 2.24) is 5.32 Å². The lowest BCUT2D eigenvalue weighted by atomic mass is 10.1. The first-order valence-corrected chi connectivity index (χ1v) is 5.64. The van der Waals surface area contributed by atoms with Crippen molar-refractivity contribution >= 4 is 5.84 Å². The molecule has 0 amide bonds. The summed E-state index contributed by atoms with van der Waals surface area (Å²) in [4.78, 5) is 0. The molecule has 0 aliphatic carbocycles. The molecule has 0 unspecified atom stereocenters. The van der Waals surface area contributed by atoms with Gasteiger partial charge in [-0.15, -0.1) is 0 Å². The van der Waals surface area contributed by atoms with E-state index in [1.54, 1.807) is 0 Å². The monoisotopic (exact) mass is 234 g/mol. The molecule has 0 radical (unpaired) electrons. The summed E-state index contributed by atoms with van der Waals surface area (Å²) in [6, 6.07) is 5.55. The second kappa shape index (κ2) is 3.45. The summed E-state index contributed by atoms with van der Waals surface area (Å²) in [6.45, 7) is 4.36. The van der Waals surface area contributed by atoms with E-state index in [-0.39, 0.29) is 6.29 Å². The first-order chi connectivity index (χ1) is 8.14. The highest BCUT2D eigenvalue weighted by Gasteiger charge is 2.53. The average molecular weight is 234 g/mol. The summed E-state index contributed by atoms with van der Waals surface area (Å²) in [5, 5.41) is 10.8. The van der Waals surface area contributed by atoms with Gasteiger partial charge < -0.3 is 10.1 Å². The van der Waals surface area contributed by atoms with Crippen molar-refractivity contribution in [3.63, 3.8) is 0 Å². The van der Waals surface area contributed by atoms with Crippen LogP contribution >= 0.6 is 0 Å². The maximum Gasteiger partial charge on any atom is 0.284 e. The van der Waals surface area contributed by atoms with Crippen LogP contribution in [0.15, 0.2) is 18.2 Å². The van der Waals surface area contributed by atoms with E-state index in [1.807, 2.05) is 32.0 Å². The lowest BCUT2D eigenvalue weighted by Crippen LogP contribution is -2.57. The van der Waals surface area contributed by atoms with E-state index in [0.717, 1.165) is 16.9 Å². The van der Waals surface area contributed by atoms with Crippen molar-refractivity contribution in [3.05, 3.63) is 29.3 Å². The van der Waals surface area contributed by atoms with E-state index in [0.29, 0.717) is 12.4 Å². The second-order valence-corrected chi connectivity index (χ2v) is 4.06. The molecule has 2 aliphatic heterocycles. The normalized spacial score (nSPS) is 29.8. The summed E-state index contributed by atoms with van der Waals surface area (Å²) >= 11 is 0. The largest absolute Gasteiger partial charge is 0.494 e. The predicted molar refractivity (Wildman–Crippen MR) is 60.9 cm³/mol. The standard InChI is InChI=1S/C12H14N2O3/c1-3-15-8-4-5-9-10(6-8)12(14-11(9)13)16-7(2)17-12/h4-7H,3H2,1-2H3,(H2,13,14). The molecule has 3 rings (SSSR count). The molecule has 5 heteroatoms. The molecule has 2 heterocycles. The van der Waals surface area contributed by atoms with Crippen LogP contribution in [0, 0.1) is 5.41 Å². The Morgan fingerprint density at radius 1 is 1.47 bits per heavy atom. The molecule has 2 aliphatic rings. The van der Waals surface area contributed by atoms with Gasteiger partial charge in [-0.05, 0) is 32.0 Å². The third-order valence-electron chi connectivity index (χ3n) is 2.88. The van der Waals surface area contributed by atoms with Gasteiger partial charge in [0.1, 0.15) is 11.6 Å². The van der Waals surface area contributed by atoms with Crippen molar-refractivity contribution in [3.8, 4) is 5.75 Å². The topological polar surface area (TPSA) is 63.6 Å². The maximum atomic E-state index is 7.85. The number of nitrogens with one attached hydrogen (secondary N) is 2. The Bertz CT molecular complexity index is 481. The Balaban J connectivity index is 2.02. The molecule has 90 valence electrons. The third kappa shape index (κ3) is 1.43. The van der Waals surface area contributed by atoms with Crippen LogP contribution in [0.25, 0.3) is 0 Å². The van der Waals surface area contributed by atoms with Crippen LogP contribution in [-0.4, -0.2) is 18.7 Å². The van der Waals surface area contributed by atoms with Crippen LogP contribution in [0.1, 0.15) is 25.0 Å². The molecule has 2 N–H and O–H groups in total. The highest BCUT2D eigenvalue weighted by molar-refractivity contribution is 6.01. The number of amidine groups is 1. The van der Waals surface area contributed by atoms with E-state index >= 15 is 0 Å². The fourth-order valence-electron chi connectivity index (χ4n) is 2.23. The second-order valence-electron chi connectivity index (χ2n) is 4.06. The molecule has 0 atom stereocenters. The summed E-state index contributed by atoms with van der Waals surface area (Å²) in [7, 11) is 0. The van der Waals surface area contributed by atoms with Crippen molar-refractivity contribution in [2.75, 3.05) is 6.61 Å². The number of benzene rings is 1. The molecular formula is C12H14N2O3. The predicted octanol–water partition coefficient (Wildman–Crippen LogP) is 1.52. The smallest absolute Gasteiger partial charge is 0.284 e. The molecule has 1 fully saturated rings. The lowest BCUT2D eigenvalue weighted by Gasteiger charge is -2.43. The molecule has 17 heavy (non-hydrogen) atoms. The van der Waals surface area contributed by atoms with Gasteiger partial charge in [0.15, 0.2) is 6.29 Å². The summed E-state index contributed by atoms with van der Waals surface area (Å²) < 4.78 is 16.6. The van der Waals surface area contributed by atoms with Crippen molar-refractivity contribution in [1.29, 1.82) is 5.41 Å². The summed E-state index contributed by atoms with van der Waals surface area (Å²) in [6.07, 6.45) is -0.253.